The Labute approximate surface area is 123 Å². The molecule has 0 spiro atoms. The summed E-state index contributed by atoms with van der Waals surface area (Å²) in [7, 11) is 0. The molecule has 1 N–H and O–H groups in total. The molecule has 3 nitrogen and oxygen atoms in total. The molecule has 0 saturated carbocycles. The van der Waals surface area contributed by atoms with Gasteiger partial charge in [-0.2, -0.15) is 5.10 Å². The lowest BCUT2D eigenvalue weighted by molar-refractivity contribution is 0.629. The summed E-state index contributed by atoms with van der Waals surface area (Å²) in [4.78, 5) is 0. The van der Waals surface area contributed by atoms with Gasteiger partial charge >= 0.3 is 0 Å². The molecule has 0 atom stereocenters. The van der Waals surface area contributed by atoms with Crippen LogP contribution in [0, 0.1) is 12.7 Å². The van der Waals surface area contributed by atoms with Gasteiger partial charge in [0.05, 0.1) is 11.4 Å². The van der Waals surface area contributed by atoms with Crippen molar-refractivity contribution in [1.82, 2.24) is 9.78 Å². The Bertz CT molecular complexity index is 698. The average Bonchev–Trinajstić information content (AvgIpc) is 3.02. The van der Waals surface area contributed by atoms with E-state index in [-0.39, 0.29) is 5.82 Å². The zero-order valence-corrected chi connectivity index (χ0v) is 11.8. The largest absolute Gasteiger partial charge is 0.378 e. The predicted molar refractivity (Wildman–Crippen MR) is 82.0 cm³/mol. The summed E-state index contributed by atoms with van der Waals surface area (Å²) in [6, 6.07) is 15.0. The number of benzene rings is 2. The van der Waals surface area contributed by atoms with Crippen molar-refractivity contribution in [2.75, 3.05) is 5.32 Å². The smallest absolute Gasteiger partial charge is 0.146 e. The second-order valence-electron chi connectivity index (χ2n) is 4.90. The van der Waals surface area contributed by atoms with Crippen molar-refractivity contribution in [1.29, 1.82) is 0 Å². The minimum absolute atomic E-state index is 0.219. The predicted octanol–water partition coefficient (Wildman–Crippen LogP) is 3.93. The van der Waals surface area contributed by atoms with E-state index in [0.717, 1.165) is 16.8 Å². The van der Waals surface area contributed by atoms with Crippen LogP contribution >= 0.6 is 0 Å². The molecule has 3 rings (SSSR count). The van der Waals surface area contributed by atoms with Gasteiger partial charge in [-0.3, -0.25) is 0 Å². The van der Waals surface area contributed by atoms with Crippen molar-refractivity contribution in [3.8, 4) is 5.69 Å². The average molecular weight is 281 g/mol. The molecule has 0 aliphatic heterocycles. The SMILES string of the molecule is Cc1cccc(F)c1NCc1ccc(-n2cccn2)cc1. The first-order chi connectivity index (χ1) is 10.2. The van der Waals surface area contributed by atoms with E-state index in [1.807, 2.05) is 49.5 Å². The van der Waals surface area contributed by atoms with Crippen LogP contribution < -0.4 is 5.32 Å². The quantitative estimate of drug-likeness (QED) is 0.785. The number of hydrogen-bond donors (Lipinski definition) is 1. The molecule has 21 heavy (non-hydrogen) atoms. The fourth-order valence-corrected chi connectivity index (χ4v) is 2.23. The second kappa shape index (κ2) is 5.79. The maximum Gasteiger partial charge on any atom is 0.146 e. The maximum atomic E-state index is 13.7. The van der Waals surface area contributed by atoms with Gasteiger partial charge in [0.2, 0.25) is 0 Å². The van der Waals surface area contributed by atoms with E-state index in [0.29, 0.717) is 12.2 Å². The fourth-order valence-electron chi connectivity index (χ4n) is 2.23. The zero-order chi connectivity index (χ0) is 14.7. The number of anilines is 1. The topological polar surface area (TPSA) is 29.9 Å². The van der Waals surface area contributed by atoms with Crippen LogP contribution in [-0.4, -0.2) is 9.78 Å². The molecule has 0 saturated heterocycles. The van der Waals surface area contributed by atoms with Crippen molar-refractivity contribution >= 4 is 5.69 Å². The highest BCUT2D eigenvalue weighted by Gasteiger charge is 2.04. The first-order valence-electron chi connectivity index (χ1n) is 6.82. The van der Waals surface area contributed by atoms with Gasteiger partial charge < -0.3 is 5.32 Å². The number of halogens is 1. The van der Waals surface area contributed by atoms with Crippen molar-refractivity contribution in [3.05, 3.63) is 77.9 Å². The van der Waals surface area contributed by atoms with Crippen LogP contribution in [-0.2, 0) is 6.54 Å². The van der Waals surface area contributed by atoms with E-state index >= 15 is 0 Å². The molecule has 106 valence electrons. The van der Waals surface area contributed by atoms with E-state index in [9.17, 15) is 4.39 Å². The molecule has 1 aromatic heterocycles. The Morgan fingerprint density at radius 1 is 1.10 bits per heavy atom. The normalized spacial score (nSPS) is 10.6. The summed E-state index contributed by atoms with van der Waals surface area (Å²) in [6.45, 7) is 2.48. The summed E-state index contributed by atoms with van der Waals surface area (Å²) in [5.74, 6) is -0.219. The van der Waals surface area contributed by atoms with Crippen LogP contribution in [0.15, 0.2) is 60.9 Å². The zero-order valence-electron chi connectivity index (χ0n) is 11.8. The van der Waals surface area contributed by atoms with Gasteiger partial charge in [0.1, 0.15) is 5.82 Å². The highest BCUT2D eigenvalue weighted by atomic mass is 19.1. The third kappa shape index (κ3) is 2.94. The molecule has 0 bridgehead atoms. The first-order valence-corrected chi connectivity index (χ1v) is 6.82. The second-order valence-corrected chi connectivity index (χ2v) is 4.90. The standard InChI is InChI=1S/C17H16FN3/c1-13-4-2-5-16(18)17(13)19-12-14-6-8-15(9-7-14)21-11-3-10-20-21/h2-11,19H,12H2,1H3. The Morgan fingerprint density at radius 2 is 1.90 bits per heavy atom. The van der Waals surface area contributed by atoms with E-state index < -0.39 is 0 Å². The van der Waals surface area contributed by atoms with Crippen molar-refractivity contribution in [2.24, 2.45) is 0 Å². The van der Waals surface area contributed by atoms with E-state index in [4.69, 9.17) is 0 Å². The summed E-state index contributed by atoms with van der Waals surface area (Å²) in [5.41, 5.74) is 3.57. The summed E-state index contributed by atoms with van der Waals surface area (Å²) < 4.78 is 15.5. The monoisotopic (exact) mass is 281 g/mol. The third-order valence-electron chi connectivity index (χ3n) is 3.40. The number of para-hydroxylation sites is 1. The van der Waals surface area contributed by atoms with E-state index in [1.54, 1.807) is 16.9 Å². The maximum absolute atomic E-state index is 13.7. The molecule has 0 amide bonds. The Kier molecular flexibility index (Phi) is 3.69. The van der Waals surface area contributed by atoms with Crippen molar-refractivity contribution < 1.29 is 4.39 Å². The molecular formula is C17H16FN3. The van der Waals surface area contributed by atoms with Gasteiger partial charge in [-0.25, -0.2) is 9.07 Å². The van der Waals surface area contributed by atoms with E-state index in [1.165, 1.54) is 6.07 Å². The lowest BCUT2D eigenvalue weighted by Crippen LogP contribution is -2.03. The van der Waals surface area contributed by atoms with Crippen molar-refractivity contribution in [3.63, 3.8) is 0 Å². The molecule has 0 unspecified atom stereocenters. The van der Waals surface area contributed by atoms with Crippen LogP contribution in [0.1, 0.15) is 11.1 Å². The lowest BCUT2D eigenvalue weighted by Gasteiger charge is -2.11. The van der Waals surface area contributed by atoms with Crippen LogP contribution in [0.3, 0.4) is 0 Å². The minimum atomic E-state index is -0.219. The Hall–Kier alpha value is -2.62. The van der Waals surface area contributed by atoms with E-state index in [2.05, 4.69) is 10.4 Å². The highest BCUT2D eigenvalue weighted by Crippen LogP contribution is 2.19. The van der Waals surface area contributed by atoms with Crippen LogP contribution in [0.2, 0.25) is 0 Å². The number of nitrogens with zero attached hydrogens (tertiary/aromatic N) is 2. The Balaban J connectivity index is 1.71. The van der Waals surface area contributed by atoms with Gasteiger partial charge in [-0.15, -0.1) is 0 Å². The fraction of sp³-hybridized carbons (Fsp3) is 0.118. The molecule has 0 aliphatic carbocycles. The molecule has 0 radical (unpaired) electrons. The summed E-state index contributed by atoms with van der Waals surface area (Å²) in [6.07, 6.45) is 3.65. The van der Waals surface area contributed by atoms with Gasteiger partial charge in [0, 0.05) is 18.9 Å². The van der Waals surface area contributed by atoms with Gasteiger partial charge in [0.15, 0.2) is 0 Å². The van der Waals surface area contributed by atoms with Crippen molar-refractivity contribution in [2.45, 2.75) is 13.5 Å². The molecular weight excluding hydrogens is 265 g/mol. The minimum Gasteiger partial charge on any atom is -0.378 e. The third-order valence-corrected chi connectivity index (χ3v) is 3.40. The lowest BCUT2D eigenvalue weighted by atomic mass is 10.1. The van der Waals surface area contributed by atoms with Crippen LogP contribution in [0.4, 0.5) is 10.1 Å². The highest BCUT2D eigenvalue weighted by molar-refractivity contribution is 5.52. The number of aromatic nitrogens is 2. The molecule has 0 fully saturated rings. The number of hydrogen-bond acceptors (Lipinski definition) is 2. The summed E-state index contributed by atoms with van der Waals surface area (Å²) >= 11 is 0. The van der Waals surface area contributed by atoms with Crippen LogP contribution in [0.25, 0.3) is 5.69 Å². The molecule has 3 aromatic rings. The number of aryl methyl sites for hydroxylation is 1. The Morgan fingerprint density at radius 3 is 2.57 bits per heavy atom. The van der Waals surface area contributed by atoms with Gasteiger partial charge in [-0.1, -0.05) is 24.3 Å². The first kappa shape index (κ1) is 13.4. The number of nitrogens with one attached hydrogen (secondary N) is 1. The molecule has 0 aliphatic rings. The van der Waals surface area contributed by atoms with Gasteiger partial charge in [-0.05, 0) is 42.3 Å². The molecule has 1 heterocycles. The van der Waals surface area contributed by atoms with Gasteiger partial charge in [0.25, 0.3) is 0 Å². The summed E-state index contributed by atoms with van der Waals surface area (Å²) in [5, 5.41) is 7.34. The number of rotatable bonds is 4. The molecule has 4 heteroatoms. The van der Waals surface area contributed by atoms with Crippen LogP contribution in [0.5, 0.6) is 0 Å². The molecule has 2 aromatic carbocycles.